The average Bonchev–Trinajstić information content (AvgIpc) is 2.82. The molecule has 1 atom stereocenters. The number of hydroxylamine groups is 1. The number of fused-ring (bicyclic) bond motifs is 1. The van der Waals surface area contributed by atoms with E-state index in [9.17, 15) is 9.59 Å². The monoisotopic (exact) mass is 433 g/mol. The zero-order valence-corrected chi connectivity index (χ0v) is 17.6. The molecule has 7 N–H and O–H groups in total. The van der Waals surface area contributed by atoms with Crippen LogP contribution in [0.1, 0.15) is 22.3 Å². The number of hydrogen-bond donors (Lipinski definition) is 5. The van der Waals surface area contributed by atoms with Crippen molar-refractivity contribution in [3.63, 3.8) is 0 Å². The summed E-state index contributed by atoms with van der Waals surface area (Å²) in [5.41, 5.74) is 9.53. The van der Waals surface area contributed by atoms with Crippen LogP contribution in [0.2, 0.25) is 0 Å². The first-order valence-electron chi connectivity index (χ1n) is 10.2. The predicted octanol–water partition coefficient (Wildman–Crippen LogP) is 2.05. The van der Waals surface area contributed by atoms with Gasteiger partial charge < -0.3 is 16.1 Å². The minimum absolute atomic E-state index is 0.0417. The van der Waals surface area contributed by atoms with Crippen LogP contribution in [0.4, 0.5) is 0 Å². The lowest BCUT2D eigenvalue weighted by Crippen LogP contribution is -2.42. The highest BCUT2D eigenvalue weighted by Crippen LogP contribution is 2.18. The first kappa shape index (κ1) is 22.8. The van der Waals surface area contributed by atoms with Gasteiger partial charge in [0.25, 0.3) is 5.91 Å². The molecule has 0 spiro atoms. The molecule has 0 aromatic heterocycles. The first-order chi connectivity index (χ1) is 15.5. The molecule has 0 radical (unpaired) electrons. The molecule has 3 rings (SSSR count). The minimum atomic E-state index is -0.560. The Bertz CT molecular complexity index is 1100. The van der Waals surface area contributed by atoms with Gasteiger partial charge in [-0.15, -0.1) is 0 Å². The van der Waals surface area contributed by atoms with E-state index >= 15 is 0 Å². The highest BCUT2D eigenvalue weighted by molar-refractivity contribution is 5.94. The lowest BCUT2D eigenvalue weighted by Gasteiger charge is -2.26. The van der Waals surface area contributed by atoms with Crippen molar-refractivity contribution in [3.05, 3.63) is 95.8 Å². The molecule has 166 valence electrons. The highest BCUT2D eigenvalue weighted by atomic mass is 16.5. The summed E-state index contributed by atoms with van der Waals surface area (Å²) in [6.07, 6.45) is 1.90. The minimum Gasteiger partial charge on any atom is -0.399 e. The number of nitrogens with one attached hydrogen (secondary N) is 2. The van der Waals surface area contributed by atoms with Gasteiger partial charge in [-0.05, 0) is 34.9 Å². The van der Waals surface area contributed by atoms with Gasteiger partial charge in [-0.2, -0.15) is 0 Å². The molecule has 0 aliphatic carbocycles. The molecule has 0 fully saturated rings. The van der Waals surface area contributed by atoms with Crippen molar-refractivity contribution in [2.45, 2.75) is 18.9 Å². The van der Waals surface area contributed by atoms with E-state index in [1.54, 1.807) is 29.7 Å². The molecule has 2 amide bonds. The molecule has 1 unspecified atom stereocenters. The molecule has 3 aromatic carbocycles. The second-order valence-corrected chi connectivity index (χ2v) is 7.48. The summed E-state index contributed by atoms with van der Waals surface area (Å²) in [4.78, 5) is 24.0. The van der Waals surface area contributed by atoms with Crippen LogP contribution in [0, 0.1) is 0 Å². The van der Waals surface area contributed by atoms with Crippen LogP contribution in [-0.4, -0.2) is 34.6 Å². The van der Waals surface area contributed by atoms with Gasteiger partial charge in [-0.3, -0.25) is 14.8 Å². The quantitative estimate of drug-likeness (QED) is 0.199. The maximum atomic E-state index is 12.2. The third-order valence-electron chi connectivity index (χ3n) is 5.06. The fourth-order valence-corrected chi connectivity index (χ4v) is 3.40. The molecular formula is C24H27N5O3. The van der Waals surface area contributed by atoms with E-state index in [2.05, 4.69) is 5.32 Å². The highest BCUT2D eigenvalue weighted by Gasteiger charge is 2.19. The lowest BCUT2D eigenvalue weighted by atomic mass is 9.99. The van der Waals surface area contributed by atoms with Gasteiger partial charge in [0, 0.05) is 17.5 Å². The molecule has 0 saturated carbocycles. The summed E-state index contributed by atoms with van der Waals surface area (Å²) in [6.45, 7) is 0.0936. The SMILES string of the molecule is N/C(=C\N(N)C(CC(=O)NO)Cc1ccc2ccccc2c1)CNC(=O)c1ccccc1. The van der Waals surface area contributed by atoms with E-state index in [0.717, 1.165) is 16.3 Å². The number of hydrazine groups is 1. The summed E-state index contributed by atoms with van der Waals surface area (Å²) in [6, 6.07) is 22.3. The number of rotatable bonds is 9. The van der Waals surface area contributed by atoms with E-state index in [1.165, 1.54) is 11.2 Å². The molecule has 0 heterocycles. The lowest BCUT2D eigenvalue weighted by molar-refractivity contribution is -0.130. The van der Waals surface area contributed by atoms with Crippen molar-refractivity contribution in [1.82, 2.24) is 15.8 Å². The first-order valence-corrected chi connectivity index (χ1v) is 10.2. The molecule has 8 nitrogen and oxygen atoms in total. The summed E-state index contributed by atoms with van der Waals surface area (Å²) < 4.78 is 0. The molecule has 0 bridgehead atoms. The zero-order valence-electron chi connectivity index (χ0n) is 17.6. The van der Waals surface area contributed by atoms with Crippen LogP contribution in [-0.2, 0) is 11.2 Å². The molecule has 8 heteroatoms. The van der Waals surface area contributed by atoms with Crippen molar-refractivity contribution in [2.75, 3.05) is 6.54 Å². The Balaban J connectivity index is 1.69. The number of carbonyl (C=O) groups is 2. The van der Waals surface area contributed by atoms with Crippen LogP contribution >= 0.6 is 0 Å². The van der Waals surface area contributed by atoms with Gasteiger partial charge in [0.2, 0.25) is 5.91 Å². The van der Waals surface area contributed by atoms with Gasteiger partial charge in [0.05, 0.1) is 19.0 Å². The Labute approximate surface area is 186 Å². The van der Waals surface area contributed by atoms with Crippen LogP contribution in [0.3, 0.4) is 0 Å². The molecule has 0 aliphatic rings. The average molecular weight is 434 g/mol. The number of nitrogens with two attached hydrogens (primary N) is 2. The third-order valence-corrected chi connectivity index (χ3v) is 5.06. The van der Waals surface area contributed by atoms with E-state index in [1.807, 2.05) is 48.5 Å². The van der Waals surface area contributed by atoms with Crippen molar-refractivity contribution in [1.29, 1.82) is 0 Å². The summed E-state index contributed by atoms with van der Waals surface area (Å²) in [5.74, 6) is 5.39. The fourth-order valence-electron chi connectivity index (χ4n) is 3.40. The Hall–Kier alpha value is -3.88. The third kappa shape index (κ3) is 6.31. The maximum Gasteiger partial charge on any atom is 0.251 e. The Morgan fingerprint density at radius 2 is 1.69 bits per heavy atom. The van der Waals surface area contributed by atoms with Gasteiger partial charge in [-0.25, -0.2) is 11.3 Å². The van der Waals surface area contributed by atoms with E-state index in [-0.39, 0.29) is 18.9 Å². The number of carbonyl (C=O) groups excluding carboxylic acids is 2. The normalized spacial score (nSPS) is 12.2. The summed E-state index contributed by atoms with van der Waals surface area (Å²) in [7, 11) is 0. The zero-order chi connectivity index (χ0) is 22.9. The Kier molecular flexibility index (Phi) is 7.80. The molecule has 3 aromatic rings. The smallest absolute Gasteiger partial charge is 0.251 e. The van der Waals surface area contributed by atoms with Crippen molar-refractivity contribution in [2.24, 2.45) is 11.6 Å². The van der Waals surface area contributed by atoms with Crippen LogP contribution < -0.4 is 22.4 Å². The molecule has 0 aliphatic heterocycles. The number of hydrogen-bond acceptors (Lipinski definition) is 6. The van der Waals surface area contributed by atoms with E-state index in [0.29, 0.717) is 17.7 Å². The van der Waals surface area contributed by atoms with E-state index in [4.69, 9.17) is 16.8 Å². The van der Waals surface area contributed by atoms with Crippen LogP contribution in [0.25, 0.3) is 10.8 Å². The van der Waals surface area contributed by atoms with Gasteiger partial charge in [-0.1, -0.05) is 60.7 Å². The second kappa shape index (κ2) is 10.9. The predicted molar refractivity (Wildman–Crippen MR) is 123 cm³/mol. The number of amides is 2. The van der Waals surface area contributed by atoms with Crippen LogP contribution in [0.15, 0.2) is 84.7 Å². The van der Waals surface area contributed by atoms with Crippen molar-refractivity contribution in [3.8, 4) is 0 Å². The largest absolute Gasteiger partial charge is 0.399 e. The topological polar surface area (TPSA) is 134 Å². The second-order valence-electron chi connectivity index (χ2n) is 7.48. The summed E-state index contributed by atoms with van der Waals surface area (Å²) >= 11 is 0. The van der Waals surface area contributed by atoms with Gasteiger partial charge >= 0.3 is 0 Å². The van der Waals surface area contributed by atoms with Gasteiger partial charge in [0.1, 0.15) is 0 Å². The van der Waals surface area contributed by atoms with Crippen molar-refractivity contribution < 1.29 is 14.8 Å². The Morgan fingerprint density at radius 3 is 2.41 bits per heavy atom. The standard InChI is InChI=1S/C24H27N5O3/c25-21(15-27-24(31)19-7-2-1-3-8-19)16-29(26)22(14-23(30)28-32)13-17-10-11-18-6-4-5-9-20(18)12-17/h1-12,16,22,32H,13-15,25-26H2,(H,27,31)(H,28,30)/b21-16-. The number of benzene rings is 3. The Morgan fingerprint density at radius 1 is 1.00 bits per heavy atom. The molecule has 0 saturated heterocycles. The summed E-state index contributed by atoms with van der Waals surface area (Å²) in [5, 5.41) is 15.2. The number of nitrogens with zero attached hydrogens (tertiary/aromatic N) is 1. The van der Waals surface area contributed by atoms with Crippen molar-refractivity contribution >= 4 is 22.6 Å². The fraction of sp³-hybridized carbons (Fsp3) is 0.167. The van der Waals surface area contributed by atoms with Gasteiger partial charge in [0.15, 0.2) is 0 Å². The molecular weight excluding hydrogens is 406 g/mol. The van der Waals surface area contributed by atoms with E-state index < -0.39 is 11.9 Å². The van der Waals surface area contributed by atoms with Crippen LogP contribution in [0.5, 0.6) is 0 Å². The molecule has 32 heavy (non-hydrogen) atoms. The maximum absolute atomic E-state index is 12.2.